The predicted molar refractivity (Wildman–Crippen MR) is 117 cm³/mol. The Balaban J connectivity index is 1.45. The quantitative estimate of drug-likeness (QED) is 0.635. The van der Waals surface area contributed by atoms with Gasteiger partial charge in [0.25, 0.3) is 0 Å². The van der Waals surface area contributed by atoms with E-state index in [1.54, 1.807) is 0 Å². The highest BCUT2D eigenvalue weighted by Crippen LogP contribution is 2.31. The lowest BCUT2D eigenvalue weighted by atomic mass is 9.88. The Kier molecular flexibility index (Phi) is 5.72. The van der Waals surface area contributed by atoms with Crippen molar-refractivity contribution >= 4 is 17.7 Å². The minimum atomic E-state index is -0.252. The third kappa shape index (κ3) is 4.22. The highest BCUT2D eigenvalue weighted by atomic mass is 32.2. The summed E-state index contributed by atoms with van der Waals surface area (Å²) in [6.07, 6.45) is 3.18. The van der Waals surface area contributed by atoms with Gasteiger partial charge >= 0.3 is 0 Å². The molecule has 1 aliphatic rings. The second-order valence-electron chi connectivity index (χ2n) is 7.65. The van der Waals surface area contributed by atoms with E-state index >= 15 is 0 Å². The molecule has 0 saturated heterocycles. The molecular weight excluding hydrogens is 380 g/mol. The minimum Gasteiger partial charge on any atom is -0.348 e. The molecule has 3 aromatic rings. The van der Waals surface area contributed by atoms with Crippen molar-refractivity contribution in [1.29, 1.82) is 0 Å². The Morgan fingerprint density at radius 2 is 2.03 bits per heavy atom. The summed E-state index contributed by atoms with van der Waals surface area (Å²) in [6.45, 7) is 3.99. The van der Waals surface area contributed by atoms with E-state index < -0.39 is 0 Å². The van der Waals surface area contributed by atoms with Crippen LogP contribution in [0, 0.1) is 6.92 Å². The van der Waals surface area contributed by atoms with Crippen LogP contribution in [-0.2, 0) is 18.3 Å². The normalized spacial score (nSPS) is 16.9. The molecule has 0 spiro atoms. The Morgan fingerprint density at radius 3 is 2.86 bits per heavy atom. The van der Waals surface area contributed by atoms with Crippen molar-refractivity contribution in [3.63, 3.8) is 0 Å². The lowest BCUT2D eigenvalue weighted by Gasteiger charge is -2.27. The van der Waals surface area contributed by atoms with Gasteiger partial charge in [-0.15, -0.1) is 10.2 Å². The molecule has 0 aliphatic heterocycles. The Morgan fingerprint density at radius 1 is 1.21 bits per heavy atom. The van der Waals surface area contributed by atoms with E-state index in [-0.39, 0.29) is 17.2 Å². The highest BCUT2D eigenvalue weighted by Gasteiger charge is 2.25. The number of thioether (sulfide) groups is 1. The summed E-state index contributed by atoms with van der Waals surface area (Å²) >= 11 is 1.45. The van der Waals surface area contributed by atoms with Crippen LogP contribution in [0.25, 0.3) is 11.4 Å². The van der Waals surface area contributed by atoms with E-state index in [9.17, 15) is 4.79 Å². The third-order valence-electron chi connectivity index (χ3n) is 5.45. The van der Waals surface area contributed by atoms with Crippen LogP contribution in [0.5, 0.6) is 0 Å². The van der Waals surface area contributed by atoms with E-state index in [0.717, 1.165) is 35.8 Å². The molecule has 150 valence electrons. The van der Waals surface area contributed by atoms with Gasteiger partial charge in [0.15, 0.2) is 11.0 Å². The van der Waals surface area contributed by atoms with Gasteiger partial charge in [-0.1, -0.05) is 59.8 Å². The molecule has 0 fully saturated rings. The van der Waals surface area contributed by atoms with E-state index in [0.29, 0.717) is 0 Å². The lowest BCUT2D eigenvalue weighted by molar-refractivity contribution is -0.121. The van der Waals surface area contributed by atoms with Gasteiger partial charge in [-0.2, -0.15) is 0 Å². The monoisotopic (exact) mass is 406 g/mol. The van der Waals surface area contributed by atoms with Gasteiger partial charge in [0, 0.05) is 12.6 Å². The number of hydrogen-bond donors (Lipinski definition) is 1. The third-order valence-corrected chi connectivity index (χ3v) is 6.58. The summed E-state index contributed by atoms with van der Waals surface area (Å²) in [4.78, 5) is 12.9. The minimum absolute atomic E-state index is 0.0387. The summed E-state index contributed by atoms with van der Waals surface area (Å²) < 4.78 is 1.96. The zero-order valence-corrected chi connectivity index (χ0v) is 17.9. The first kappa shape index (κ1) is 19.7. The Hall–Kier alpha value is -2.60. The zero-order valence-electron chi connectivity index (χ0n) is 17.1. The van der Waals surface area contributed by atoms with Gasteiger partial charge in [-0.05, 0) is 50.3 Å². The summed E-state index contributed by atoms with van der Waals surface area (Å²) in [6, 6.07) is 16.7. The first-order valence-corrected chi connectivity index (χ1v) is 10.9. The van der Waals surface area contributed by atoms with Gasteiger partial charge in [-0.3, -0.25) is 4.79 Å². The number of nitrogens with one attached hydrogen (secondary N) is 1. The van der Waals surface area contributed by atoms with E-state index in [1.807, 2.05) is 36.7 Å². The number of fused-ring (bicyclic) bond motifs is 1. The van der Waals surface area contributed by atoms with Crippen molar-refractivity contribution in [2.24, 2.45) is 7.05 Å². The molecule has 4 rings (SSSR count). The molecule has 5 nitrogen and oxygen atoms in total. The van der Waals surface area contributed by atoms with Crippen LogP contribution in [0.15, 0.2) is 53.7 Å². The molecule has 1 aliphatic carbocycles. The molecule has 2 unspecified atom stereocenters. The molecule has 6 heteroatoms. The summed E-state index contributed by atoms with van der Waals surface area (Å²) in [7, 11) is 1.95. The summed E-state index contributed by atoms with van der Waals surface area (Å²) in [5.41, 5.74) is 4.81. The molecule has 29 heavy (non-hydrogen) atoms. The van der Waals surface area contributed by atoms with Crippen LogP contribution in [0.2, 0.25) is 0 Å². The van der Waals surface area contributed by atoms with Gasteiger partial charge in [-0.25, -0.2) is 0 Å². The highest BCUT2D eigenvalue weighted by molar-refractivity contribution is 8.00. The van der Waals surface area contributed by atoms with E-state index in [4.69, 9.17) is 0 Å². The number of carbonyl (C=O) groups excluding carboxylic acids is 1. The van der Waals surface area contributed by atoms with Crippen molar-refractivity contribution in [3.8, 4) is 11.4 Å². The molecule has 1 amide bonds. The maximum atomic E-state index is 12.9. The van der Waals surface area contributed by atoms with Gasteiger partial charge in [0.2, 0.25) is 5.91 Å². The number of aryl methyl sites for hydroxylation is 2. The molecular formula is C23H26N4OS. The largest absolute Gasteiger partial charge is 0.348 e. The lowest BCUT2D eigenvalue weighted by Crippen LogP contribution is -2.36. The molecule has 2 aromatic carbocycles. The number of rotatable bonds is 5. The molecule has 1 N–H and O–H groups in total. The topological polar surface area (TPSA) is 59.8 Å². The first-order valence-electron chi connectivity index (χ1n) is 10.0. The number of carbonyl (C=O) groups is 1. The smallest absolute Gasteiger partial charge is 0.233 e. The summed E-state index contributed by atoms with van der Waals surface area (Å²) in [5, 5.41) is 12.4. The molecule has 0 bridgehead atoms. The van der Waals surface area contributed by atoms with Gasteiger partial charge < -0.3 is 9.88 Å². The maximum Gasteiger partial charge on any atom is 0.233 e. The fraction of sp³-hybridized carbons (Fsp3) is 0.348. The fourth-order valence-electron chi connectivity index (χ4n) is 3.86. The second-order valence-corrected chi connectivity index (χ2v) is 8.95. The number of hydrogen-bond acceptors (Lipinski definition) is 4. The van der Waals surface area contributed by atoms with Crippen LogP contribution in [0.1, 0.15) is 42.5 Å². The van der Waals surface area contributed by atoms with Crippen LogP contribution >= 0.6 is 11.8 Å². The van der Waals surface area contributed by atoms with Crippen molar-refractivity contribution in [1.82, 2.24) is 20.1 Å². The van der Waals surface area contributed by atoms with Crippen LogP contribution in [-0.4, -0.2) is 25.9 Å². The van der Waals surface area contributed by atoms with Gasteiger partial charge in [0.05, 0.1) is 11.3 Å². The zero-order chi connectivity index (χ0) is 20.4. The standard InChI is InChI=1S/C23H26N4OS/c1-15-8-6-11-18(14-15)21-25-26-23(27(21)3)29-16(2)22(28)24-20-13-7-10-17-9-4-5-12-19(17)20/h4-6,8-9,11-12,14,16,20H,7,10,13H2,1-3H3,(H,24,28). The maximum absolute atomic E-state index is 12.9. The average molecular weight is 407 g/mol. The summed E-state index contributed by atoms with van der Waals surface area (Å²) in [5.74, 6) is 0.849. The predicted octanol–water partition coefficient (Wildman–Crippen LogP) is 4.46. The fourth-order valence-corrected chi connectivity index (χ4v) is 4.68. The van der Waals surface area contributed by atoms with Crippen LogP contribution < -0.4 is 5.32 Å². The average Bonchev–Trinajstić information content (AvgIpc) is 3.08. The van der Waals surface area contributed by atoms with E-state index in [1.165, 1.54) is 28.5 Å². The van der Waals surface area contributed by atoms with Crippen molar-refractivity contribution in [3.05, 3.63) is 65.2 Å². The van der Waals surface area contributed by atoms with Crippen LogP contribution in [0.4, 0.5) is 0 Å². The van der Waals surface area contributed by atoms with Gasteiger partial charge in [0.1, 0.15) is 0 Å². The molecule has 1 heterocycles. The number of benzene rings is 2. The number of nitrogens with zero attached hydrogens (tertiary/aromatic N) is 3. The van der Waals surface area contributed by atoms with E-state index in [2.05, 4.69) is 52.8 Å². The van der Waals surface area contributed by atoms with Crippen molar-refractivity contribution < 1.29 is 4.79 Å². The SMILES string of the molecule is Cc1cccc(-c2nnc(SC(C)C(=O)NC3CCCc4ccccc43)n2C)c1. The number of aromatic nitrogens is 3. The second kappa shape index (κ2) is 8.41. The molecule has 0 radical (unpaired) electrons. The number of amides is 1. The van der Waals surface area contributed by atoms with Crippen molar-refractivity contribution in [2.75, 3.05) is 0 Å². The molecule has 0 saturated carbocycles. The van der Waals surface area contributed by atoms with Crippen LogP contribution in [0.3, 0.4) is 0 Å². The molecule has 1 aromatic heterocycles. The Labute approximate surface area is 175 Å². The Bertz CT molecular complexity index is 1030. The van der Waals surface area contributed by atoms with Crippen molar-refractivity contribution in [2.45, 2.75) is 49.6 Å². The first-order chi connectivity index (χ1) is 14.0. The molecule has 2 atom stereocenters.